The van der Waals surface area contributed by atoms with E-state index in [4.69, 9.17) is 5.11 Å². The molecule has 2 N–H and O–H groups in total. The van der Waals surface area contributed by atoms with E-state index in [9.17, 15) is 4.79 Å². The number of nitrogens with one attached hydrogen (secondary N) is 1. The van der Waals surface area contributed by atoms with Crippen LogP contribution in [0.2, 0.25) is 0 Å². The van der Waals surface area contributed by atoms with Crippen LogP contribution >= 0.6 is 0 Å². The van der Waals surface area contributed by atoms with Gasteiger partial charge in [-0.2, -0.15) is 0 Å². The molecule has 0 aliphatic carbocycles. The number of benzene rings is 1. The Kier molecular flexibility index (Phi) is 5.55. The van der Waals surface area contributed by atoms with Crippen molar-refractivity contribution < 1.29 is 9.90 Å². The van der Waals surface area contributed by atoms with Crippen molar-refractivity contribution >= 4 is 5.91 Å². The normalized spacial score (nSPS) is 21.2. The summed E-state index contributed by atoms with van der Waals surface area (Å²) in [6, 6.07) is 9.64. The number of carbonyl (C=O) groups excluding carboxylic acids is 1. The molecule has 1 saturated heterocycles. The van der Waals surface area contributed by atoms with Gasteiger partial charge in [-0.1, -0.05) is 18.2 Å². The number of H-pyrrole nitrogens is 1. The van der Waals surface area contributed by atoms with Crippen LogP contribution in [0.1, 0.15) is 47.1 Å². The van der Waals surface area contributed by atoms with Crippen LogP contribution in [0.15, 0.2) is 36.7 Å². The molecule has 0 bridgehead atoms. The van der Waals surface area contributed by atoms with Gasteiger partial charge in [0.2, 0.25) is 0 Å². The van der Waals surface area contributed by atoms with Crippen molar-refractivity contribution in [2.75, 3.05) is 32.8 Å². The second-order valence-corrected chi connectivity index (χ2v) is 7.58. The molecule has 1 aromatic carbocycles. The van der Waals surface area contributed by atoms with Gasteiger partial charge in [0.25, 0.3) is 5.91 Å². The van der Waals surface area contributed by atoms with Gasteiger partial charge in [0, 0.05) is 37.4 Å². The predicted octanol–water partition coefficient (Wildman–Crippen LogP) is 2.24. The number of likely N-dealkylation sites (tertiary alicyclic amines) is 1. The molecule has 2 aromatic rings. The first kappa shape index (κ1) is 18.2. The molecular formula is C21H28N4O2. The fraction of sp³-hybridized carbons (Fsp3) is 0.524. The predicted molar refractivity (Wildman–Crippen MR) is 103 cm³/mol. The van der Waals surface area contributed by atoms with E-state index in [1.165, 1.54) is 5.69 Å². The molecule has 6 nitrogen and oxygen atoms in total. The van der Waals surface area contributed by atoms with Crippen molar-refractivity contribution in [1.82, 2.24) is 19.8 Å². The highest BCUT2D eigenvalue weighted by molar-refractivity contribution is 5.94. The molecule has 1 aromatic heterocycles. The molecule has 3 heterocycles. The Balaban J connectivity index is 1.55. The van der Waals surface area contributed by atoms with Gasteiger partial charge < -0.3 is 19.9 Å². The summed E-state index contributed by atoms with van der Waals surface area (Å²) in [6.07, 6.45) is 5.54. The molecule has 0 radical (unpaired) electrons. The van der Waals surface area contributed by atoms with Crippen LogP contribution in [-0.2, 0) is 6.42 Å². The molecule has 1 fully saturated rings. The minimum Gasteiger partial charge on any atom is -0.396 e. The quantitative estimate of drug-likeness (QED) is 0.849. The van der Waals surface area contributed by atoms with Crippen LogP contribution in [0, 0.1) is 5.92 Å². The van der Waals surface area contributed by atoms with Crippen LogP contribution in [0.3, 0.4) is 0 Å². The van der Waals surface area contributed by atoms with E-state index < -0.39 is 0 Å². The maximum Gasteiger partial charge on any atom is 0.254 e. The van der Waals surface area contributed by atoms with Crippen molar-refractivity contribution in [3.8, 4) is 0 Å². The van der Waals surface area contributed by atoms with E-state index >= 15 is 0 Å². The SMILES string of the molecule is O=C(c1ccccc1)N1CCc2[nH]cnc2C1C1CCN(CCCO)CC1. The van der Waals surface area contributed by atoms with Crippen molar-refractivity contribution in [1.29, 1.82) is 0 Å². The molecule has 2 aliphatic heterocycles. The first-order valence-electron chi connectivity index (χ1n) is 9.99. The second-order valence-electron chi connectivity index (χ2n) is 7.58. The highest BCUT2D eigenvalue weighted by Crippen LogP contribution is 2.39. The molecule has 27 heavy (non-hydrogen) atoms. The summed E-state index contributed by atoms with van der Waals surface area (Å²) in [4.78, 5) is 25.6. The topological polar surface area (TPSA) is 72.5 Å². The Hall–Kier alpha value is -2.18. The molecule has 1 atom stereocenters. The van der Waals surface area contributed by atoms with Gasteiger partial charge >= 0.3 is 0 Å². The van der Waals surface area contributed by atoms with E-state index in [0.29, 0.717) is 5.92 Å². The number of imidazole rings is 1. The monoisotopic (exact) mass is 368 g/mol. The lowest BCUT2D eigenvalue weighted by atomic mass is 9.83. The number of amides is 1. The minimum atomic E-state index is 0.0488. The Bertz CT molecular complexity index is 753. The standard InChI is InChI=1S/C21H28N4O2/c26-14-4-10-24-11-7-16(8-12-24)20-19-18(22-15-23-19)9-13-25(20)21(27)17-5-2-1-3-6-17/h1-3,5-6,15-16,20,26H,4,7-14H2,(H,22,23). The Morgan fingerprint density at radius 2 is 1.96 bits per heavy atom. The number of aliphatic hydroxyl groups excluding tert-OH is 1. The molecule has 4 rings (SSSR count). The Labute approximate surface area is 160 Å². The number of nitrogens with zero attached hydrogens (tertiary/aromatic N) is 3. The zero-order valence-corrected chi connectivity index (χ0v) is 15.7. The van der Waals surface area contributed by atoms with E-state index in [1.54, 1.807) is 6.33 Å². The number of fused-ring (bicyclic) bond motifs is 1. The van der Waals surface area contributed by atoms with Crippen LogP contribution in [-0.4, -0.2) is 63.6 Å². The summed E-state index contributed by atoms with van der Waals surface area (Å²) in [5.41, 5.74) is 2.99. The van der Waals surface area contributed by atoms with Gasteiger partial charge in [-0.05, 0) is 50.4 Å². The summed E-state index contributed by atoms with van der Waals surface area (Å²) in [6.45, 7) is 3.98. The first-order chi connectivity index (χ1) is 13.3. The zero-order valence-electron chi connectivity index (χ0n) is 15.7. The van der Waals surface area contributed by atoms with Crippen LogP contribution in [0.4, 0.5) is 0 Å². The Morgan fingerprint density at radius 3 is 2.70 bits per heavy atom. The van der Waals surface area contributed by atoms with Crippen molar-refractivity contribution in [3.05, 3.63) is 53.6 Å². The second kappa shape index (κ2) is 8.23. The summed E-state index contributed by atoms with van der Waals surface area (Å²) < 4.78 is 0. The third-order valence-corrected chi connectivity index (χ3v) is 5.96. The van der Waals surface area contributed by atoms with Gasteiger partial charge in [-0.3, -0.25) is 4.79 Å². The number of hydrogen-bond donors (Lipinski definition) is 2. The zero-order chi connectivity index (χ0) is 18.6. The molecule has 1 unspecified atom stereocenters. The van der Waals surface area contributed by atoms with E-state index in [0.717, 1.165) is 63.1 Å². The van der Waals surface area contributed by atoms with Crippen molar-refractivity contribution in [2.45, 2.75) is 31.7 Å². The van der Waals surface area contributed by atoms with Crippen LogP contribution in [0.5, 0.6) is 0 Å². The van der Waals surface area contributed by atoms with E-state index in [1.807, 2.05) is 35.2 Å². The van der Waals surface area contributed by atoms with Gasteiger partial charge in [0.15, 0.2) is 0 Å². The maximum atomic E-state index is 13.2. The lowest BCUT2D eigenvalue weighted by Crippen LogP contribution is -2.46. The molecule has 144 valence electrons. The third kappa shape index (κ3) is 3.77. The highest BCUT2D eigenvalue weighted by Gasteiger charge is 2.39. The summed E-state index contributed by atoms with van der Waals surface area (Å²) in [7, 11) is 0. The molecule has 0 saturated carbocycles. The van der Waals surface area contributed by atoms with Crippen molar-refractivity contribution in [2.24, 2.45) is 5.92 Å². The highest BCUT2D eigenvalue weighted by atomic mass is 16.3. The van der Waals surface area contributed by atoms with Gasteiger partial charge in [0.1, 0.15) is 0 Å². The minimum absolute atomic E-state index is 0.0488. The van der Waals surface area contributed by atoms with E-state index in [-0.39, 0.29) is 18.6 Å². The van der Waals surface area contributed by atoms with Crippen LogP contribution in [0.25, 0.3) is 0 Å². The third-order valence-electron chi connectivity index (χ3n) is 5.96. The number of aliphatic hydroxyl groups is 1. The fourth-order valence-electron chi connectivity index (χ4n) is 4.54. The van der Waals surface area contributed by atoms with Crippen LogP contribution < -0.4 is 0 Å². The van der Waals surface area contributed by atoms with Gasteiger partial charge in [-0.15, -0.1) is 0 Å². The Morgan fingerprint density at radius 1 is 1.19 bits per heavy atom. The molecule has 6 heteroatoms. The van der Waals surface area contributed by atoms with E-state index in [2.05, 4.69) is 14.9 Å². The number of carbonyl (C=O) groups is 1. The largest absolute Gasteiger partial charge is 0.396 e. The van der Waals surface area contributed by atoms with Crippen molar-refractivity contribution in [3.63, 3.8) is 0 Å². The maximum absolute atomic E-state index is 13.2. The van der Waals surface area contributed by atoms with Gasteiger partial charge in [-0.25, -0.2) is 4.98 Å². The molecular weight excluding hydrogens is 340 g/mol. The summed E-state index contributed by atoms with van der Waals surface area (Å²) in [5.74, 6) is 0.530. The summed E-state index contributed by atoms with van der Waals surface area (Å²) in [5, 5.41) is 9.06. The van der Waals surface area contributed by atoms with Gasteiger partial charge in [0.05, 0.1) is 18.1 Å². The first-order valence-corrected chi connectivity index (χ1v) is 9.99. The lowest BCUT2D eigenvalue weighted by molar-refractivity contribution is 0.0467. The smallest absolute Gasteiger partial charge is 0.254 e. The molecule has 0 spiro atoms. The summed E-state index contributed by atoms with van der Waals surface area (Å²) >= 11 is 0. The number of rotatable bonds is 5. The fourth-order valence-corrected chi connectivity index (χ4v) is 4.54. The number of hydrogen-bond acceptors (Lipinski definition) is 4. The average molecular weight is 368 g/mol. The molecule has 2 aliphatic rings. The number of piperidine rings is 1. The number of aromatic nitrogens is 2. The number of aromatic amines is 1. The molecule has 1 amide bonds. The lowest BCUT2D eigenvalue weighted by Gasteiger charge is -2.43. The average Bonchev–Trinajstić information content (AvgIpc) is 3.21.